The van der Waals surface area contributed by atoms with Crippen LogP contribution < -0.4 is 5.73 Å². The van der Waals surface area contributed by atoms with Crippen molar-refractivity contribution < 1.29 is 8.91 Å². The molecule has 0 saturated heterocycles. The molecule has 1 aromatic carbocycles. The van der Waals surface area contributed by atoms with E-state index in [1.165, 1.54) is 12.1 Å². The lowest BCUT2D eigenvalue weighted by Gasteiger charge is -1.98. The van der Waals surface area contributed by atoms with Gasteiger partial charge in [0.05, 0.1) is 0 Å². The largest absolute Gasteiger partial charge is 0.339 e. The standard InChI is InChI=1S/C14H17BrFN3O/c15-12-7-6-10(16)9-11(12)14-18-13(20-19-14)5-3-1-2-4-8-17/h6-7,9H,1-5,8,17H2. The van der Waals surface area contributed by atoms with Gasteiger partial charge in [-0.05, 0) is 37.6 Å². The van der Waals surface area contributed by atoms with Gasteiger partial charge in [-0.3, -0.25) is 0 Å². The van der Waals surface area contributed by atoms with Crippen LogP contribution in [0, 0.1) is 5.82 Å². The first-order valence-corrected chi connectivity index (χ1v) is 7.48. The monoisotopic (exact) mass is 341 g/mol. The van der Waals surface area contributed by atoms with E-state index in [1.807, 2.05) is 0 Å². The molecule has 6 heteroatoms. The van der Waals surface area contributed by atoms with Gasteiger partial charge in [-0.1, -0.05) is 33.9 Å². The summed E-state index contributed by atoms with van der Waals surface area (Å²) < 4.78 is 19.2. The van der Waals surface area contributed by atoms with Gasteiger partial charge in [0, 0.05) is 16.5 Å². The first-order chi connectivity index (χ1) is 9.70. The zero-order valence-electron chi connectivity index (χ0n) is 11.1. The number of nitrogens with zero attached hydrogens (tertiary/aromatic N) is 2. The number of rotatable bonds is 7. The molecule has 0 aliphatic heterocycles. The molecule has 0 fully saturated rings. The van der Waals surface area contributed by atoms with E-state index in [-0.39, 0.29) is 5.82 Å². The van der Waals surface area contributed by atoms with Gasteiger partial charge in [-0.2, -0.15) is 4.98 Å². The highest BCUT2D eigenvalue weighted by Gasteiger charge is 2.12. The molecule has 0 atom stereocenters. The van der Waals surface area contributed by atoms with Crippen molar-refractivity contribution in [3.05, 3.63) is 34.4 Å². The summed E-state index contributed by atoms with van der Waals surface area (Å²) in [5.74, 6) is 0.675. The molecule has 0 amide bonds. The molecular weight excluding hydrogens is 325 g/mol. The van der Waals surface area contributed by atoms with Crippen LogP contribution in [0.5, 0.6) is 0 Å². The van der Waals surface area contributed by atoms with E-state index in [1.54, 1.807) is 6.07 Å². The number of unbranched alkanes of at least 4 members (excludes halogenated alkanes) is 3. The molecule has 0 aliphatic rings. The summed E-state index contributed by atoms with van der Waals surface area (Å²) in [6, 6.07) is 4.40. The van der Waals surface area contributed by atoms with Crippen LogP contribution >= 0.6 is 15.9 Å². The second-order valence-electron chi connectivity index (χ2n) is 4.59. The predicted octanol–water partition coefficient (Wildman–Crippen LogP) is 3.70. The van der Waals surface area contributed by atoms with Crippen molar-refractivity contribution in [2.75, 3.05) is 6.54 Å². The first kappa shape index (κ1) is 15.1. The highest BCUT2D eigenvalue weighted by molar-refractivity contribution is 9.10. The summed E-state index contributed by atoms with van der Waals surface area (Å²) in [6.45, 7) is 0.734. The van der Waals surface area contributed by atoms with Crippen molar-refractivity contribution in [1.82, 2.24) is 10.1 Å². The molecule has 0 aliphatic carbocycles. The maximum Gasteiger partial charge on any atom is 0.226 e. The third-order valence-corrected chi connectivity index (χ3v) is 3.67. The molecule has 2 aromatic rings. The van der Waals surface area contributed by atoms with E-state index in [2.05, 4.69) is 26.1 Å². The molecular formula is C14H17BrFN3O. The summed E-state index contributed by atoms with van der Waals surface area (Å²) in [5.41, 5.74) is 6.04. The van der Waals surface area contributed by atoms with Crippen LogP contribution in [-0.4, -0.2) is 16.7 Å². The minimum atomic E-state index is -0.323. The van der Waals surface area contributed by atoms with E-state index < -0.39 is 0 Å². The van der Waals surface area contributed by atoms with E-state index in [4.69, 9.17) is 10.3 Å². The van der Waals surface area contributed by atoms with Crippen molar-refractivity contribution in [2.45, 2.75) is 32.1 Å². The minimum absolute atomic E-state index is 0.323. The van der Waals surface area contributed by atoms with E-state index >= 15 is 0 Å². The predicted molar refractivity (Wildman–Crippen MR) is 78.6 cm³/mol. The molecule has 0 spiro atoms. The molecule has 0 radical (unpaired) electrons. The Morgan fingerprint density at radius 3 is 2.80 bits per heavy atom. The fraction of sp³-hybridized carbons (Fsp3) is 0.429. The third kappa shape index (κ3) is 4.11. The Bertz CT molecular complexity index is 559. The second kappa shape index (κ2) is 7.50. The number of halogens is 2. The van der Waals surface area contributed by atoms with E-state index in [0.29, 0.717) is 17.3 Å². The molecule has 1 aromatic heterocycles. The second-order valence-corrected chi connectivity index (χ2v) is 5.44. The smallest absolute Gasteiger partial charge is 0.226 e. The molecule has 0 unspecified atom stereocenters. The Morgan fingerprint density at radius 1 is 1.20 bits per heavy atom. The number of nitrogens with two attached hydrogens (primary N) is 1. The van der Waals surface area contributed by atoms with Crippen molar-refractivity contribution >= 4 is 15.9 Å². The van der Waals surface area contributed by atoms with Crippen LogP contribution in [0.1, 0.15) is 31.6 Å². The SMILES string of the molecule is NCCCCCCc1nc(-c2cc(F)ccc2Br)no1. The Hall–Kier alpha value is -1.27. The van der Waals surface area contributed by atoms with Crippen LogP contribution in [0.2, 0.25) is 0 Å². The van der Waals surface area contributed by atoms with E-state index in [9.17, 15) is 4.39 Å². The fourth-order valence-corrected chi connectivity index (χ4v) is 2.33. The van der Waals surface area contributed by atoms with Gasteiger partial charge in [0.2, 0.25) is 11.7 Å². The summed E-state index contributed by atoms with van der Waals surface area (Å²) in [5, 5.41) is 3.90. The van der Waals surface area contributed by atoms with Gasteiger partial charge in [0.1, 0.15) is 5.82 Å². The molecule has 1 heterocycles. The van der Waals surface area contributed by atoms with Crippen LogP contribution in [0.15, 0.2) is 27.2 Å². The Balaban J connectivity index is 1.96. The van der Waals surface area contributed by atoms with Crippen molar-refractivity contribution in [1.29, 1.82) is 0 Å². The maximum atomic E-state index is 13.2. The molecule has 2 rings (SSSR count). The summed E-state index contributed by atoms with van der Waals surface area (Å²) >= 11 is 3.36. The number of aryl methyl sites for hydroxylation is 1. The lowest BCUT2D eigenvalue weighted by Crippen LogP contribution is -1.97. The highest BCUT2D eigenvalue weighted by atomic mass is 79.9. The summed E-state index contributed by atoms with van der Waals surface area (Å²) in [6.07, 6.45) is 4.99. The zero-order chi connectivity index (χ0) is 14.4. The average Bonchev–Trinajstić information content (AvgIpc) is 2.90. The third-order valence-electron chi connectivity index (χ3n) is 2.98. The topological polar surface area (TPSA) is 64.9 Å². The van der Waals surface area contributed by atoms with Gasteiger partial charge in [-0.25, -0.2) is 4.39 Å². The van der Waals surface area contributed by atoms with Crippen LogP contribution in [0.3, 0.4) is 0 Å². The summed E-state index contributed by atoms with van der Waals surface area (Å²) in [4.78, 5) is 4.30. The minimum Gasteiger partial charge on any atom is -0.339 e. The number of hydrogen-bond donors (Lipinski definition) is 1. The number of benzene rings is 1. The molecule has 2 N–H and O–H groups in total. The maximum absolute atomic E-state index is 13.2. The number of hydrogen-bond acceptors (Lipinski definition) is 4. The highest BCUT2D eigenvalue weighted by Crippen LogP contribution is 2.26. The zero-order valence-corrected chi connectivity index (χ0v) is 12.7. The molecule has 4 nitrogen and oxygen atoms in total. The van der Waals surface area contributed by atoms with Gasteiger partial charge in [0.25, 0.3) is 0 Å². The number of aromatic nitrogens is 2. The lowest BCUT2D eigenvalue weighted by molar-refractivity contribution is 0.374. The lowest BCUT2D eigenvalue weighted by atomic mass is 10.1. The molecule has 0 bridgehead atoms. The van der Waals surface area contributed by atoms with Crippen LogP contribution in [0.4, 0.5) is 4.39 Å². The van der Waals surface area contributed by atoms with Crippen LogP contribution in [0.25, 0.3) is 11.4 Å². The van der Waals surface area contributed by atoms with Crippen molar-refractivity contribution in [2.24, 2.45) is 5.73 Å². The van der Waals surface area contributed by atoms with Crippen molar-refractivity contribution in [3.8, 4) is 11.4 Å². The van der Waals surface area contributed by atoms with Gasteiger partial charge in [-0.15, -0.1) is 0 Å². The average molecular weight is 342 g/mol. The van der Waals surface area contributed by atoms with E-state index in [0.717, 1.165) is 43.1 Å². The Kier molecular flexibility index (Phi) is 5.67. The van der Waals surface area contributed by atoms with Crippen LogP contribution in [-0.2, 0) is 6.42 Å². The first-order valence-electron chi connectivity index (χ1n) is 6.69. The van der Waals surface area contributed by atoms with Gasteiger partial charge < -0.3 is 10.3 Å². The fourth-order valence-electron chi connectivity index (χ4n) is 1.91. The van der Waals surface area contributed by atoms with Gasteiger partial charge >= 0.3 is 0 Å². The molecule has 20 heavy (non-hydrogen) atoms. The molecule has 0 saturated carbocycles. The quantitative estimate of drug-likeness (QED) is 0.779. The normalized spacial score (nSPS) is 10.9. The summed E-state index contributed by atoms with van der Waals surface area (Å²) in [7, 11) is 0. The Labute approximate surface area is 125 Å². The Morgan fingerprint density at radius 2 is 2.00 bits per heavy atom. The van der Waals surface area contributed by atoms with Gasteiger partial charge in [0.15, 0.2) is 0 Å². The van der Waals surface area contributed by atoms with Crippen molar-refractivity contribution in [3.63, 3.8) is 0 Å². The molecule has 108 valence electrons.